The zero-order chi connectivity index (χ0) is 17.8. The van der Waals surface area contributed by atoms with Crippen LogP contribution >= 0.6 is 0 Å². The maximum atomic E-state index is 12.7. The summed E-state index contributed by atoms with van der Waals surface area (Å²) in [4.78, 5) is 1.93. The van der Waals surface area contributed by atoms with Gasteiger partial charge < -0.3 is 14.7 Å². The molecule has 0 spiro atoms. The van der Waals surface area contributed by atoms with E-state index in [9.17, 15) is 18.3 Å². The molecule has 0 saturated heterocycles. The van der Waals surface area contributed by atoms with E-state index in [1.807, 2.05) is 19.0 Å². The summed E-state index contributed by atoms with van der Waals surface area (Å²) in [6.07, 6.45) is 0.559. The first-order chi connectivity index (χ1) is 11.2. The third-order valence-electron chi connectivity index (χ3n) is 4.56. The Hall–Kier alpha value is -1.27. The first-order valence-electron chi connectivity index (χ1n) is 8.42. The van der Waals surface area contributed by atoms with E-state index < -0.39 is 23.4 Å². The standard InChI is InChI=1S/C18H26F3NO2/c1-22(2)13-16(17(23)11-5-3-4-6-12-17)24-15-9-7-14(8-10-15)18(19,20)21/h7-10,16,23H,3-6,11-13H2,1-2H3. The first-order valence-corrected chi connectivity index (χ1v) is 8.42. The van der Waals surface area contributed by atoms with Gasteiger partial charge in [-0.05, 0) is 51.2 Å². The van der Waals surface area contributed by atoms with Gasteiger partial charge in [0, 0.05) is 6.54 Å². The van der Waals surface area contributed by atoms with Gasteiger partial charge in [-0.25, -0.2) is 0 Å². The Kier molecular flexibility index (Phi) is 6.15. The summed E-state index contributed by atoms with van der Waals surface area (Å²) < 4.78 is 43.9. The van der Waals surface area contributed by atoms with Crippen LogP contribution in [0.2, 0.25) is 0 Å². The van der Waals surface area contributed by atoms with E-state index in [0.29, 0.717) is 25.1 Å². The SMILES string of the molecule is CN(C)CC(Oc1ccc(C(F)(F)F)cc1)C1(O)CCCCCC1. The molecule has 1 aliphatic carbocycles. The molecule has 0 aliphatic heterocycles. The molecular weight excluding hydrogens is 319 g/mol. The van der Waals surface area contributed by atoms with Gasteiger partial charge in [-0.1, -0.05) is 25.7 Å². The van der Waals surface area contributed by atoms with Crippen LogP contribution in [-0.2, 0) is 6.18 Å². The van der Waals surface area contributed by atoms with E-state index in [2.05, 4.69) is 0 Å². The minimum Gasteiger partial charge on any atom is -0.486 e. The van der Waals surface area contributed by atoms with Gasteiger partial charge in [0.25, 0.3) is 0 Å². The fraction of sp³-hybridized carbons (Fsp3) is 0.667. The van der Waals surface area contributed by atoms with Gasteiger partial charge in [-0.3, -0.25) is 0 Å². The molecule has 24 heavy (non-hydrogen) atoms. The Morgan fingerprint density at radius 1 is 1.08 bits per heavy atom. The normalized spacial score (nSPS) is 19.8. The number of ether oxygens (including phenoxy) is 1. The van der Waals surface area contributed by atoms with Crippen molar-refractivity contribution in [2.75, 3.05) is 20.6 Å². The van der Waals surface area contributed by atoms with E-state index in [1.54, 1.807) is 0 Å². The molecule has 136 valence electrons. The molecule has 2 rings (SSSR count). The van der Waals surface area contributed by atoms with Crippen LogP contribution in [0.5, 0.6) is 5.75 Å². The van der Waals surface area contributed by atoms with Gasteiger partial charge in [0.1, 0.15) is 17.5 Å². The lowest BCUT2D eigenvalue weighted by Gasteiger charge is -2.37. The van der Waals surface area contributed by atoms with Gasteiger partial charge in [0.15, 0.2) is 0 Å². The number of halogens is 3. The summed E-state index contributed by atoms with van der Waals surface area (Å²) in [5.41, 5.74) is -1.64. The number of hydrogen-bond acceptors (Lipinski definition) is 3. The van der Waals surface area contributed by atoms with Crippen LogP contribution in [0.1, 0.15) is 44.1 Å². The van der Waals surface area contributed by atoms with Crippen LogP contribution in [0.4, 0.5) is 13.2 Å². The number of benzene rings is 1. The molecule has 3 nitrogen and oxygen atoms in total. The molecular formula is C18H26F3NO2. The van der Waals surface area contributed by atoms with E-state index in [1.165, 1.54) is 12.1 Å². The molecule has 0 heterocycles. The van der Waals surface area contributed by atoms with E-state index in [-0.39, 0.29) is 0 Å². The minimum atomic E-state index is -4.36. The van der Waals surface area contributed by atoms with Crippen LogP contribution in [-0.4, -0.2) is 42.4 Å². The van der Waals surface area contributed by atoms with Gasteiger partial charge in [0.05, 0.1) is 5.56 Å². The van der Waals surface area contributed by atoms with E-state index in [0.717, 1.165) is 37.8 Å². The molecule has 0 bridgehead atoms. The maximum absolute atomic E-state index is 12.7. The number of nitrogens with zero attached hydrogens (tertiary/aromatic N) is 1. The van der Waals surface area contributed by atoms with Crippen molar-refractivity contribution >= 4 is 0 Å². The number of rotatable bonds is 5. The van der Waals surface area contributed by atoms with Gasteiger partial charge in [0.2, 0.25) is 0 Å². The Labute approximate surface area is 141 Å². The molecule has 1 aromatic carbocycles. The van der Waals surface area contributed by atoms with Crippen molar-refractivity contribution in [3.05, 3.63) is 29.8 Å². The minimum absolute atomic E-state index is 0.354. The zero-order valence-electron chi connectivity index (χ0n) is 14.3. The largest absolute Gasteiger partial charge is 0.486 e. The fourth-order valence-electron chi connectivity index (χ4n) is 3.20. The highest BCUT2D eigenvalue weighted by molar-refractivity contribution is 5.29. The highest BCUT2D eigenvalue weighted by Crippen LogP contribution is 2.34. The van der Waals surface area contributed by atoms with Crippen LogP contribution < -0.4 is 4.74 Å². The molecule has 1 unspecified atom stereocenters. The van der Waals surface area contributed by atoms with E-state index in [4.69, 9.17) is 4.74 Å². The maximum Gasteiger partial charge on any atom is 0.416 e. The van der Waals surface area contributed by atoms with Gasteiger partial charge in [-0.15, -0.1) is 0 Å². The highest BCUT2D eigenvalue weighted by Gasteiger charge is 2.39. The molecule has 1 aromatic rings. The van der Waals surface area contributed by atoms with Crippen molar-refractivity contribution < 1.29 is 23.0 Å². The summed E-state index contributed by atoms with van der Waals surface area (Å²) in [5, 5.41) is 11.1. The second-order valence-corrected chi connectivity index (χ2v) is 6.91. The van der Waals surface area contributed by atoms with Crippen molar-refractivity contribution in [2.45, 2.75) is 56.4 Å². The molecule has 1 saturated carbocycles. The molecule has 6 heteroatoms. The van der Waals surface area contributed by atoms with Crippen molar-refractivity contribution in [1.82, 2.24) is 4.90 Å². The molecule has 0 aromatic heterocycles. The molecule has 1 N–H and O–H groups in total. The molecule has 0 amide bonds. The molecule has 1 aliphatic rings. The lowest BCUT2D eigenvalue weighted by Crippen LogP contribution is -2.50. The topological polar surface area (TPSA) is 32.7 Å². The Morgan fingerprint density at radius 2 is 1.62 bits per heavy atom. The van der Waals surface area contributed by atoms with E-state index >= 15 is 0 Å². The Balaban J connectivity index is 2.16. The van der Waals surface area contributed by atoms with Crippen molar-refractivity contribution in [2.24, 2.45) is 0 Å². The number of aliphatic hydroxyl groups is 1. The van der Waals surface area contributed by atoms with Crippen LogP contribution in [0, 0.1) is 0 Å². The lowest BCUT2D eigenvalue weighted by atomic mass is 9.88. The number of alkyl halides is 3. The van der Waals surface area contributed by atoms with Crippen LogP contribution in [0.15, 0.2) is 24.3 Å². The first kappa shape index (κ1) is 19.1. The smallest absolute Gasteiger partial charge is 0.416 e. The molecule has 0 radical (unpaired) electrons. The Bertz CT molecular complexity index is 506. The monoisotopic (exact) mass is 345 g/mol. The van der Waals surface area contributed by atoms with Crippen molar-refractivity contribution in [1.29, 1.82) is 0 Å². The highest BCUT2D eigenvalue weighted by atomic mass is 19.4. The quantitative estimate of drug-likeness (QED) is 0.816. The third-order valence-corrected chi connectivity index (χ3v) is 4.56. The zero-order valence-corrected chi connectivity index (χ0v) is 14.3. The second kappa shape index (κ2) is 7.74. The predicted molar refractivity (Wildman–Crippen MR) is 87.1 cm³/mol. The van der Waals surface area contributed by atoms with Crippen molar-refractivity contribution in [3.8, 4) is 5.75 Å². The summed E-state index contributed by atoms with van der Waals surface area (Å²) >= 11 is 0. The number of hydrogen-bond donors (Lipinski definition) is 1. The Morgan fingerprint density at radius 3 is 2.08 bits per heavy atom. The summed E-state index contributed by atoms with van der Waals surface area (Å²) in [6.45, 7) is 0.511. The summed E-state index contributed by atoms with van der Waals surface area (Å²) in [7, 11) is 3.78. The van der Waals surface area contributed by atoms with Crippen LogP contribution in [0.25, 0.3) is 0 Å². The fourth-order valence-corrected chi connectivity index (χ4v) is 3.20. The van der Waals surface area contributed by atoms with Crippen LogP contribution in [0.3, 0.4) is 0 Å². The third kappa shape index (κ3) is 5.11. The second-order valence-electron chi connectivity index (χ2n) is 6.91. The average Bonchev–Trinajstić information content (AvgIpc) is 2.71. The van der Waals surface area contributed by atoms with Gasteiger partial charge in [-0.2, -0.15) is 13.2 Å². The van der Waals surface area contributed by atoms with Gasteiger partial charge >= 0.3 is 6.18 Å². The predicted octanol–water partition coefficient (Wildman–Crippen LogP) is 4.10. The average molecular weight is 345 g/mol. The lowest BCUT2D eigenvalue weighted by molar-refractivity contribution is -0.137. The summed E-state index contributed by atoms with van der Waals surface area (Å²) in [6, 6.07) is 4.68. The molecule has 1 atom stereocenters. The molecule has 1 fully saturated rings. The van der Waals surface area contributed by atoms with Crippen molar-refractivity contribution in [3.63, 3.8) is 0 Å². The summed E-state index contributed by atoms with van der Waals surface area (Å²) in [5.74, 6) is 0.354. The number of likely N-dealkylation sites (N-methyl/N-ethyl adjacent to an activating group) is 1.